The number of hydrogen-bond acceptors (Lipinski definition) is 5. The van der Waals surface area contributed by atoms with Gasteiger partial charge in [-0.2, -0.15) is 0 Å². The first-order valence-electron chi connectivity index (χ1n) is 6.61. The van der Waals surface area contributed by atoms with Crippen LogP contribution in [0.3, 0.4) is 0 Å². The van der Waals surface area contributed by atoms with Crippen LogP contribution in [0, 0.1) is 26.1 Å². The van der Waals surface area contributed by atoms with Crippen molar-refractivity contribution in [2.45, 2.75) is 38.2 Å². The lowest BCUT2D eigenvalue weighted by atomic mass is 9.82. The molecule has 1 aromatic rings. The Labute approximate surface area is 115 Å². The highest BCUT2D eigenvalue weighted by atomic mass is 16.6. The quantitative estimate of drug-likeness (QED) is 0.673. The Morgan fingerprint density at radius 3 is 2.30 bits per heavy atom. The van der Waals surface area contributed by atoms with Crippen molar-refractivity contribution in [2.24, 2.45) is 5.92 Å². The molecule has 0 aliphatic heterocycles. The third-order valence-corrected chi connectivity index (χ3v) is 3.84. The van der Waals surface area contributed by atoms with Crippen molar-refractivity contribution in [3.8, 4) is 0 Å². The van der Waals surface area contributed by atoms with E-state index in [1.165, 1.54) is 12.1 Å². The van der Waals surface area contributed by atoms with Crippen LogP contribution >= 0.6 is 0 Å². The average molecular weight is 280 g/mol. The van der Waals surface area contributed by atoms with Crippen molar-refractivity contribution in [3.05, 3.63) is 44.0 Å². The number of aliphatic hydroxyl groups excluding tert-OH is 1. The number of aliphatic hydroxyl groups is 1. The van der Waals surface area contributed by atoms with Gasteiger partial charge in [0, 0.05) is 6.07 Å². The Balaban J connectivity index is 2.34. The molecule has 0 spiro atoms. The molecule has 1 aromatic carbocycles. The summed E-state index contributed by atoms with van der Waals surface area (Å²) in [5.41, 5.74) is -0.541. The van der Waals surface area contributed by atoms with Gasteiger partial charge in [-0.1, -0.05) is 19.3 Å². The fraction of sp³-hybridized carbons (Fsp3) is 0.538. The monoisotopic (exact) mass is 280 g/mol. The number of nitro benzene ring substituents is 2. The molecule has 7 nitrogen and oxygen atoms in total. The van der Waals surface area contributed by atoms with E-state index in [0.29, 0.717) is 0 Å². The molecule has 0 heterocycles. The summed E-state index contributed by atoms with van der Waals surface area (Å²) in [6.07, 6.45) is 3.85. The fourth-order valence-corrected chi connectivity index (χ4v) is 2.76. The lowest BCUT2D eigenvalue weighted by Gasteiger charge is -2.26. The maximum atomic E-state index is 11.1. The van der Waals surface area contributed by atoms with Gasteiger partial charge in [-0.25, -0.2) is 0 Å². The van der Waals surface area contributed by atoms with E-state index in [9.17, 15) is 25.3 Å². The molecule has 0 aromatic heterocycles. The van der Waals surface area contributed by atoms with Crippen LogP contribution in [0.2, 0.25) is 0 Å². The summed E-state index contributed by atoms with van der Waals surface area (Å²) >= 11 is 0. The number of non-ortho nitro benzene ring substituents is 1. The second-order valence-electron chi connectivity index (χ2n) is 5.10. The van der Waals surface area contributed by atoms with Gasteiger partial charge in [0.2, 0.25) is 0 Å². The summed E-state index contributed by atoms with van der Waals surface area (Å²) < 4.78 is 0. The van der Waals surface area contributed by atoms with Crippen molar-refractivity contribution >= 4 is 11.4 Å². The first kappa shape index (κ1) is 14.4. The normalized spacial score (nSPS) is 17.6. The first-order chi connectivity index (χ1) is 9.50. The van der Waals surface area contributed by atoms with E-state index in [1.54, 1.807) is 0 Å². The van der Waals surface area contributed by atoms with Crippen LogP contribution in [-0.4, -0.2) is 15.0 Å². The third-order valence-electron chi connectivity index (χ3n) is 3.84. The van der Waals surface area contributed by atoms with Crippen molar-refractivity contribution in [2.75, 3.05) is 0 Å². The molecule has 1 atom stereocenters. The van der Waals surface area contributed by atoms with Gasteiger partial charge in [0.25, 0.3) is 11.4 Å². The number of nitro groups is 2. The summed E-state index contributed by atoms with van der Waals surface area (Å²) in [5.74, 6) is -0.0103. The minimum Gasteiger partial charge on any atom is -0.388 e. The van der Waals surface area contributed by atoms with Crippen LogP contribution in [0.15, 0.2) is 18.2 Å². The van der Waals surface area contributed by atoms with Gasteiger partial charge in [-0.05, 0) is 24.8 Å². The molecule has 2 rings (SSSR count). The number of benzene rings is 1. The molecule has 0 radical (unpaired) electrons. The molecule has 0 amide bonds. The second-order valence-corrected chi connectivity index (χ2v) is 5.10. The Bertz CT molecular complexity index is 525. The Morgan fingerprint density at radius 1 is 1.10 bits per heavy atom. The smallest absolute Gasteiger partial charge is 0.282 e. The number of nitrogens with zero attached hydrogens (tertiary/aromatic N) is 2. The van der Waals surface area contributed by atoms with Gasteiger partial charge in [-0.15, -0.1) is 0 Å². The zero-order chi connectivity index (χ0) is 14.7. The average Bonchev–Trinajstić information content (AvgIpc) is 2.46. The van der Waals surface area contributed by atoms with Crippen LogP contribution in [0.4, 0.5) is 11.4 Å². The highest BCUT2D eigenvalue weighted by Crippen LogP contribution is 2.38. The highest BCUT2D eigenvalue weighted by Gasteiger charge is 2.30. The van der Waals surface area contributed by atoms with E-state index in [0.717, 1.165) is 38.2 Å². The largest absolute Gasteiger partial charge is 0.388 e. The molecule has 1 aliphatic carbocycles. The van der Waals surface area contributed by atoms with E-state index < -0.39 is 16.0 Å². The molecule has 1 unspecified atom stereocenters. The lowest BCUT2D eigenvalue weighted by molar-refractivity contribution is -0.395. The molecular formula is C13H16N2O5. The Hall–Kier alpha value is -2.02. The molecular weight excluding hydrogens is 264 g/mol. The molecule has 1 fully saturated rings. The molecule has 1 N–H and O–H groups in total. The third kappa shape index (κ3) is 2.93. The van der Waals surface area contributed by atoms with Gasteiger partial charge in [0.15, 0.2) is 0 Å². The minimum atomic E-state index is -0.934. The first-order valence-corrected chi connectivity index (χ1v) is 6.61. The lowest BCUT2D eigenvalue weighted by Crippen LogP contribution is -2.17. The summed E-state index contributed by atoms with van der Waals surface area (Å²) in [6, 6.07) is 3.42. The Morgan fingerprint density at radius 2 is 1.75 bits per heavy atom. The van der Waals surface area contributed by atoms with Crippen LogP contribution in [0.25, 0.3) is 0 Å². The highest BCUT2D eigenvalue weighted by molar-refractivity contribution is 5.50. The van der Waals surface area contributed by atoms with Crippen molar-refractivity contribution in [1.29, 1.82) is 0 Å². The molecule has 0 bridgehead atoms. The summed E-state index contributed by atoms with van der Waals surface area (Å²) in [7, 11) is 0. The topological polar surface area (TPSA) is 107 Å². The number of rotatable bonds is 4. The van der Waals surface area contributed by atoms with Crippen LogP contribution < -0.4 is 0 Å². The molecule has 1 aliphatic rings. The van der Waals surface area contributed by atoms with Gasteiger partial charge < -0.3 is 5.11 Å². The van der Waals surface area contributed by atoms with E-state index in [4.69, 9.17) is 0 Å². The maximum Gasteiger partial charge on any atom is 0.282 e. The predicted octanol–water partition coefficient (Wildman–Crippen LogP) is 3.12. The zero-order valence-electron chi connectivity index (χ0n) is 10.9. The van der Waals surface area contributed by atoms with Gasteiger partial charge >= 0.3 is 0 Å². The number of hydrogen-bond donors (Lipinski definition) is 1. The zero-order valence-corrected chi connectivity index (χ0v) is 10.9. The molecule has 0 saturated heterocycles. The second kappa shape index (κ2) is 5.96. The summed E-state index contributed by atoms with van der Waals surface area (Å²) in [6.45, 7) is 0. The summed E-state index contributed by atoms with van der Waals surface area (Å²) in [5, 5.41) is 32.1. The van der Waals surface area contributed by atoms with Gasteiger partial charge in [-0.3, -0.25) is 20.2 Å². The Kier molecular flexibility index (Phi) is 4.29. The van der Waals surface area contributed by atoms with E-state index in [2.05, 4.69) is 0 Å². The van der Waals surface area contributed by atoms with Crippen molar-refractivity contribution in [3.63, 3.8) is 0 Å². The van der Waals surface area contributed by atoms with Crippen molar-refractivity contribution < 1.29 is 15.0 Å². The molecule has 7 heteroatoms. The van der Waals surface area contributed by atoms with Gasteiger partial charge in [0.1, 0.15) is 0 Å². The summed E-state index contributed by atoms with van der Waals surface area (Å²) in [4.78, 5) is 20.4. The van der Waals surface area contributed by atoms with Crippen LogP contribution in [0.1, 0.15) is 43.8 Å². The van der Waals surface area contributed by atoms with Crippen LogP contribution in [-0.2, 0) is 0 Å². The fourth-order valence-electron chi connectivity index (χ4n) is 2.76. The predicted molar refractivity (Wildman–Crippen MR) is 71.3 cm³/mol. The van der Waals surface area contributed by atoms with E-state index in [-0.39, 0.29) is 22.9 Å². The standard InChI is InChI=1S/C13H16N2O5/c16-13(9-4-2-1-3-5-9)11-7-6-10(14(17)18)8-12(11)15(19)20/h6-9,13,16H,1-5H2. The maximum absolute atomic E-state index is 11.1. The SMILES string of the molecule is O=[N+]([O-])c1ccc(C(O)C2CCCCC2)c([N+](=O)[O-])c1. The molecule has 1 saturated carbocycles. The van der Waals surface area contributed by atoms with Gasteiger partial charge in [0.05, 0.1) is 27.6 Å². The van der Waals surface area contributed by atoms with Crippen LogP contribution in [0.5, 0.6) is 0 Å². The molecule has 20 heavy (non-hydrogen) atoms. The van der Waals surface area contributed by atoms with E-state index in [1.807, 2.05) is 0 Å². The molecule has 108 valence electrons. The van der Waals surface area contributed by atoms with Crippen molar-refractivity contribution in [1.82, 2.24) is 0 Å². The van der Waals surface area contributed by atoms with E-state index >= 15 is 0 Å². The minimum absolute atomic E-state index is 0.0103.